The number of carbonyl (C=O) groups excluding carboxylic acids is 5. The van der Waals surface area contributed by atoms with Crippen LogP contribution in [-0.4, -0.2) is 77.8 Å². The zero-order valence-electron chi connectivity index (χ0n) is 41.4. The number of Topliss-reactive ketones (excluding diaryl/α,β-unsaturated/α-hetero) is 2. The molecule has 0 saturated heterocycles. The van der Waals surface area contributed by atoms with E-state index >= 15 is 0 Å². The van der Waals surface area contributed by atoms with Gasteiger partial charge in [-0.05, 0) is 36.1 Å². The number of methoxy groups -OCH3 is 2. The van der Waals surface area contributed by atoms with Crippen molar-refractivity contribution in [1.29, 1.82) is 0 Å². The lowest BCUT2D eigenvalue weighted by Gasteiger charge is -2.26. The van der Waals surface area contributed by atoms with Gasteiger partial charge in [0, 0.05) is 49.2 Å². The first kappa shape index (κ1) is 54.1. The van der Waals surface area contributed by atoms with E-state index < -0.39 is 60.3 Å². The van der Waals surface area contributed by atoms with Gasteiger partial charge in [0.2, 0.25) is 6.79 Å². The summed E-state index contributed by atoms with van der Waals surface area (Å²) in [5.74, 6) is -4.28. The Hall–Kier alpha value is -7.87. The molecule has 2 aromatic heterocycles. The maximum atomic E-state index is 13.2. The zero-order chi connectivity index (χ0) is 51.5. The van der Waals surface area contributed by atoms with Crippen molar-refractivity contribution in [2.75, 3.05) is 21.0 Å². The van der Waals surface area contributed by atoms with Gasteiger partial charge in [-0.2, -0.15) is 0 Å². The van der Waals surface area contributed by atoms with E-state index in [1.165, 1.54) is 38.7 Å². The van der Waals surface area contributed by atoms with Crippen LogP contribution in [0, 0.1) is 17.8 Å². The molecule has 0 radical (unpaired) electrons. The summed E-state index contributed by atoms with van der Waals surface area (Å²) in [5, 5.41) is 10.2. The molecule has 6 rings (SSSR count). The summed E-state index contributed by atoms with van der Waals surface area (Å²) in [7, 11) is 2.81. The number of aromatic nitrogens is 2. The quantitative estimate of drug-likeness (QED) is 0.0293. The van der Waals surface area contributed by atoms with Crippen molar-refractivity contribution in [3.05, 3.63) is 179 Å². The highest BCUT2D eigenvalue weighted by Crippen LogP contribution is 2.34. The molecule has 0 aliphatic rings. The van der Waals surface area contributed by atoms with Crippen LogP contribution >= 0.6 is 0 Å². The fraction of sp³-hybridized carbons (Fsp3) is 0.316. The Bertz CT molecular complexity index is 2590. The van der Waals surface area contributed by atoms with Gasteiger partial charge < -0.3 is 33.5 Å². The summed E-state index contributed by atoms with van der Waals surface area (Å²) in [6.45, 7) is 9.96. The largest absolute Gasteiger partial charge is 0.503 e. The third-order valence-corrected chi connectivity index (χ3v) is 11.6. The van der Waals surface area contributed by atoms with Crippen LogP contribution in [0.25, 0.3) is 0 Å². The molecule has 4 aromatic carbocycles. The Morgan fingerprint density at radius 1 is 0.493 bits per heavy atom. The molecule has 0 unspecified atom stereocenters. The first-order valence-electron chi connectivity index (χ1n) is 23.4. The SMILES string of the molecule is COc1ccnc(C(=O)C[C@@H](C)C(=O)O[C@@H](C)C(c2ccccc2)c2ccccc2)c1O.COc1ccnc(C(=O)C[C@@H](C)C(=O)O[C@@H](C)C(c2ccccc2)c2ccccc2)c1OCOC(=O)C(C)C. The number of hydrogen-bond donors (Lipinski definition) is 1. The highest BCUT2D eigenvalue weighted by molar-refractivity contribution is 6.00. The average Bonchev–Trinajstić information content (AvgIpc) is 3.37. The number of hydrogen-bond acceptors (Lipinski definition) is 14. The highest BCUT2D eigenvalue weighted by Gasteiger charge is 2.31. The fourth-order valence-corrected chi connectivity index (χ4v) is 7.81. The van der Waals surface area contributed by atoms with Crippen LogP contribution in [-0.2, 0) is 28.6 Å². The standard InChI is InChI=1S/C31H35NO7.C26H27NO5/c1-20(2)30(34)38-19-37-29-26(36-5)16-17-32-28(29)25(33)18-21(3)31(35)39-22(4)27(23-12-8-6-9-13-23)24-14-10-7-11-15-24;1-17(16-21(28)24-25(29)22(31-3)14-15-27-24)26(30)32-18(2)23(19-10-6-4-7-11-19)20-12-8-5-9-13-20/h6-17,20-22,27H,18-19H2,1-5H3;4-15,17-18,23,29H,16H2,1-3H3/t21-,22+;17-,18+/m11/s1. The van der Waals surface area contributed by atoms with E-state index in [0.29, 0.717) is 0 Å². The third kappa shape index (κ3) is 15.1. The Morgan fingerprint density at radius 3 is 1.24 bits per heavy atom. The minimum Gasteiger partial charge on any atom is -0.503 e. The van der Waals surface area contributed by atoms with Crippen molar-refractivity contribution in [2.45, 2.75) is 78.4 Å². The molecule has 0 amide bonds. The number of aromatic hydroxyl groups is 1. The second kappa shape index (κ2) is 26.8. The molecule has 0 saturated carbocycles. The number of benzene rings is 4. The first-order chi connectivity index (χ1) is 34.1. The second-order valence-corrected chi connectivity index (χ2v) is 17.2. The summed E-state index contributed by atoms with van der Waals surface area (Å²) < 4.78 is 32.6. The van der Waals surface area contributed by atoms with Crippen molar-refractivity contribution in [1.82, 2.24) is 9.97 Å². The Morgan fingerprint density at radius 2 is 0.859 bits per heavy atom. The number of nitrogens with zero attached hydrogens (tertiary/aromatic N) is 2. The van der Waals surface area contributed by atoms with Crippen molar-refractivity contribution < 1.29 is 57.5 Å². The molecule has 0 aliphatic heterocycles. The van der Waals surface area contributed by atoms with E-state index in [4.69, 9.17) is 28.4 Å². The van der Waals surface area contributed by atoms with Gasteiger partial charge in [-0.3, -0.25) is 24.0 Å². The predicted molar refractivity (Wildman–Crippen MR) is 266 cm³/mol. The normalized spacial score (nSPS) is 12.6. The molecular weight excluding hydrogens is 905 g/mol. The summed E-state index contributed by atoms with van der Waals surface area (Å²) in [6.07, 6.45) is 1.56. The minimum atomic E-state index is -0.744. The van der Waals surface area contributed by atoms with Gasteiger partial charge in [-0.1, -0.05) is 149 Å². The smallest absolute Gasteiger partial charge is 0.311 e. The van der Waals surface area contributed by atoms with E-state index in [2.05, 4.69) is 9.97 Å². The molecule has 14 nitrogen and oxygen atoms in total. The van der Waals surface area contributed by atoms with Crippen molar-refractivity contribution in [2.24, 2.45) is 17.8 Å². The van der Waals surface area contributed by atoms with Crippen LogP contribution in [0.15, 0.2) is 146 Å². The van der Waals surface area contributed by atoms with Crippen LogP contribution in [0.5, 0.6) is 23.0 Å². The molecule has 6 aromatic rings. The lowest BCUT2D eigenvalue weighted by Crippen LogP contribution is -2.28. The van der Waals surface area contributed by atoms with Gasteiger partial charge in [0.25, 0.3) is 0 Å². The molecule has 1 N–H and O–H groups in total. The third-order valence-electron chi connectivity index (χ3n) is 11.6. The fourth-order valence-electron chi connectivity index (χ4n) is 7.81. The van der Waals surface area contributed by atoms with Crippen LogP contribution in [0.3, 0.4) is 0 Å². The minimum absolute atomic E-state index is 0.0194. The van der Waals surface area contributed by atoms with Gasteiger partial charge in [0.05, 0.1) is 32.0 Å². The zero-order valence-corrected chi connectivity index (χ0v) is 41.4. The van der Waals surface area contributed by atoms with Crippen LogP contribution < -0.4 is 14.2 Å². The summed E-state index contributed by atoms with van der Waals surface area (Å²) >= 11 is 0. The summed E-state index contributed by atoms with van der Waals surface area (Å²) in [4.78, 5) is 71.6. The monoisotopic (exact) mass is 966 g/mol. The lowest BCUT2D eigenvalue weighted by molar-refractivity contribution is -0.154. The number of esters is 3. The molecule has 4 atom stereocenters. The van der Waals surface area contributed by atoms with Crippen molar-refractivity contribution >= 4 is 29.5 Å². The number of carbonyl (C=O) groups is 5. The predicted octanol–water partition coefficient (Wildman–Crippen LogP) is 10.4. The van der Waals surface area contributed by atoms with Gasteiger partial charge in [0.1, 0.15) is 12.2 Å². The number of rotatable bonds is 22. The molecular formula is C57H62N2O12. The molecule has 0 bridgehead atoms. The van der Waals surface area contributed by atoms with Crippen LogP contribution in [0.4, 0.5) is 0 Å². The van der Waals surface area contributed by atoms with Crippen LogP contribution in [0.1, 0.15) is 109 Å². The Kier molecular flexibility index (Phi) is 20.4. The van der Waals surface area contributed by atoms with Crippen molar-refractivity contribution in [3.63, 3.8) is 0 Å². The molecule has 14 heteroatoms. The van der Waals surface area contributed by atoms with E-state index in [0.717, 1.165) is 22.3 Å². The van der Waals surface area contributed by atoms with Crippen LogP contribution in [0.2, 0.25) is 0 Å². The first-order valence-corrected chi connectivity index (χ1v) is 23.4. The number of ether oxygens (including phenoxy) is 6. The second-order valence-electron chi connectivity index (χ2n) is 17.2. The molecule has 0 fully saturated rings. The van der Waals surface area contributed by atoms with E-state index in [-0.39, 0.29) is 65.0 Å². The molecule has 0 aliphatic carbocycles. The average molecular weight is 967 g/mol. The van der Waals surface area contributed by atoms with Gasteiger partial charge in [-0.25, -0.2) is 9.97 Å². The maximum absolute atomic E-state index is 13.2. The van der Waals surface area contributed by atoms with E-state index in [1.54, 1.807) is 27.7 Å². The number of ketones is 2. The van der Waals surface area contributed by atoms with E-state index in [1.807, 2.05) is 135 Å². The Labute approximate surface area is 415 Å². The molecule has 372 valence electrons. The summed E-state index contributed by atoms with van der Waals surface area (Å²) in [5.41, 5.74) is 3.97. The summed E-state index contributed by atoms with van der Waals surface area (Å²) in [6, 6.07) is 42.4. The highest BCUT2D eigenvalue weighted by atomic mass is 16.7. The van der Waals surface area contributed by atoms with Gasteiger partial charge in [0.15, 0.2) is 46.0 Å². The lowest BCUT2D eigenvalue weighted by atomic mass is 9.87. The molecule has 71 heavy (non-hydrogen) atoms. The number of pyridine rings is 2. The van der Waals surface area contributed by atoms with Gasteiger partial charge in [-0.15, -0.1) is 0 Å². The van der Waals surface area contributed by atoms with Crippen molar-refractivity contribution in [3.8, 4) is 23.0 Å². The maximum Gasteiger partial charge on any atom is 0.311 e. The van der Waals surface area contributed by atoms with Gasteiger partial charge >= 0.3 is 17.9 Å². The Balaban J connectivity index is 0.000000269. The molecule has 0 spiro atoms. The van der Waals surface area contributed by atoms with E-state index in [9.17, 15) is 29.1 Å². The topological polar surface area (TPSA) is 187 Å². The molecule has 2 heterocycles.